The molecule has 1 atom stereocenters. The lowest BCUT2D eigenvalue weighted by atomic mass is 10.0. The number of halogens is 3. The van der Waals surface area contributed by atoms with E-state index in [1.165, 1.54) is 12.1 Å². The third-order valence-corrected chi connectivity index (χ3v) is 3.93. The summed E-state index contributed by atoms with van der Waals surface area (Å²) in [6.07, 6.45) is -4.52. The maximum Gasteiger partial charge on any atom is 0.573 e. The number of fused-ring (bicyclic) bond motifs is 1. The first-order valence-electron chi connectivity index (χ1n) is 8.05. The van der Waals surface area contributed by atoms with Crippen LogP contribution in [0.4, 0.5) is 29.3 Å². The van der Waals surface area contributed by atoms with Gasteiger partial charge in [-0.2, -0.15) is 0 Å². The first-order valence-corrected chi connectivity index (χ1v) is 8.05. The molecule has 27 heavy (non-hydrogen) atoms. The highest BCUT2D eigenvalue weighted by molar-refractivity contribution is 5.99. The predicted molar refractivity (Wildman–Crippen MR) is 92.5 cm³/mol. The van der Waals surface area contributed by atoms with Crippen molar-refractivity contribution >= 4 is 23.3 Å². The summed E-state index contributed by atoms with van der Waals surface area (Å²) < 4.78 is 40.6. The van der Waals surface area contributed by atoms with Gasteiger partial charge in [0.1, 0.15) is 5.75 Å². The number of alkyl halides is 3. The molecule has 1 aliphatic rings. The molecule has 142 valence electrons. The number of hydrogen-bond acceptors (Lipinski definition) is 3. The van der Waals surface area contributed by atoms with Gasteiger partial charge in [-0.25, -0.2) is 4.79 Å². The molecule has 0 saturated heterocycles. The lowest BCUT2D eigenvalue weighted by Gasteiger charge is -2.16. The normalized spacial score (nSPS) is 14.1. The number of ether oxygens (including phenoxy) is 1. The molecule has 1 heterocycles. The minimum atomic E-state index is -4.81. The zero-order valence-corrected chi connectivity index (χ0v) is 14.2. The second-order valence-corrected chi connectivity index (χ2v) is 6.04. The molecule has 0 bridgehead atoms. The average Bonchev–Trinajstić information content (AvgIpc) is 2.92. The Morgan fingerprint density at radius 1 is 1.22 bits per heavy atom. The second-order valence-electron chi connectivity index (χ2n) is 6.04. The zero-order valence-electron chi connectivity index (χ0n) is 14.2. The molecule has 3 rings (SSSR count). The van der Waals surface area contributed by atoms with Gasteiger partial charge in [0.05, 0.1) is 12.5 Å². The van der Waals surface area contributed by atoms with E-state index in [2.05, 4.69) is 20.7 Å². The van der Waals surface area contributed by atoms with E-state index in [0.717, 1.165) is 28.9 Å². The first kappa shape index (κ1) is 18.6. The van der Waals surface area contributed by atoms with E-state index in [4.69, 9.17) is 0 Å². The minimum absolute atomic E-state index is 0.0820. The van der Waals surface area contributed by atoms with Crippen molar-refractivity contribution < 1.29 is 27.5 Å². The van der Waals surface area contributed by atoms with Crippen molar-refractivity contribution in [3.05, 3.63) is 53.6 Å². The summed E-state index contributed by atoms with van der Waals surface area (Å²) in [6.45, 7) is 1.76. The molecule has 0 fully saturated rings. The summed E-state index contributed by atoms with van der Waals surface area (Å²) >= 11 is 0. The number of carbonyl (C=O) groups excluding carboxylic acids is 2. The number of carbonyl (C=O) groups is 2. The highest BCUT2D eigenvalue weighted by atomic mass is 19.4. The number of amides is 3. The maximum atomic E-state index is 12.3. The summed E-state index contributed by atoms with van der Waals surface area (Å²) in [7, 11) is 0. The Balaban J connectivity index is 1.62. The van der Waals surface area contributed by atoms with E-state index in [1.807, 2.05) is 6.07 Å². The lowest BCUT2D eigenvalue weighted by molar-refractivity contribution is -0.274. The van der Waals surface area contributed by atoms with E-state index in [0.29, 0.717) is 0 Å². The van der Waals surface area contributed by atoms with Crippen LogP contribution in [0.3, 0.4) is 0 Å². The van der Waals surface area contributed by atoms with Crippen molar-refractivity contribution in [1.29, 1.82) is 0 Å². The molecule has 0 aliphatic carbocycles. The molecule has 2 aromatic rings. The number of nitrogens with one attached hydrogen (secondary N) is 3. The van der Waals surface area contributed by atoms with Crippen LogP contribution in [-0.4, -0.2) is 18.3 Å². The first-order chi connectivity index (χ1) is 12.7. The van der Waals surface area contributed by atoms with Gasteiger partial charge >= 0.3 is 12.4 Å². The molecule has 0 spiro atoms. The molecule has 3 N–H and O–H groups in total. The Labute approximate surface area is 152 Å². The van der Waals surface area contributed by atoms with Gasteiger partial charge < -0.3 is 20.7 Å². The van der Waals surface area contributed by atoms with E-state index in [9.17, 15) is 22.8 Å². The van der Waals surface area contributed by atoms with Crippen molar-refractivity contribution in [3.8, 4) is 5.75 Å². The monoisotopic (exact) mass is 379 g/mol. The van der Waals surface area contributed by atoms with Crippen LogP contribution in [-0.2, 0) is 11.2 Å². The fourth-order valence-corrected chi connectivity index (χ4v) is 2.74. The third kappa shape index (κ3) is 4.90. The molecule has 0 aromatic heterocycles. The van der Waals surface area contributed by atoms with E-state index in [-0.39, 0.29) is 24.1 Å². The number of rotatable bonds is 4. The van der Waals surface area contributed by atoms with Crippen LogP contribution >= 0.6 is 0 Å². The van der Waals surface area contributed by atoms with Crippen LogP contribution in [0.2, 0.25) is 0 Å². The molecular weight excluding hydrogens is 363 g/mol. The van der Waals surface area contributed by atoms with Crippen molar-refractivity contribution in [2.45, 2.75) is 25.7 Å². The molecule has 1 aliphatic heterocycles. The Hall–Kier alpha value is -3.23. The highest BCUT2D eigenvalue weighted by Crippen LogP contribution is 2.27. The number of hydrogen-bond donors (Lipinski definition) is 3. The quantitative estimate of drug-likeness (QED) is 0.752. The van der Waals surface area contributed by atoms with Gasteiger partial charge in [-0.3, -0.25) is 4.79 Å². The second kappa shape index (κ2) is 7.18. The highest BCUT2D eigenvalue weighted by Gasteiger charge is 2.31. The minimum Gasteiger partial charge on any atom is -0.406 e. The van der Waals surface area contributed by atoms with Gasteiger partial charge in [0, 0.05) is 17.4 Å². The van der Waals surface area contributed by atoms with E-state index in [1.54, 1.807) is 19.1 Å². The van der Waals surface area contributed by atoms with Crippen molar-refractivity contribution in [2.75, 3.05) is 10.6 Å². The molecule has 0 unspecified atom stereocenters. The van der Waals surface area contributed by atoms with Gasteiger partial charge in [-0.05, 0) is 36.2 Å². The molecule has 3 amide bonds. The molecule has 0 saturated carbocycles. The summed E-state index contributed by atoms with van der Waals surface area (Å²) in [5.74, 6) is -0.509. The smallest absolute Gasteiger partial charge is 0.406 e. The van der Waals surface area contributed by atoms with Gasteiger partial charge in [0.2, 0.25) is 5.91 Å². The number of benzene rings is 2. The molecular formula is C18H16F3N3O3. The van der Waals surface area contributed by atoms with Crippen molar-refractivity contribution in [3.63, 3.8) is 0 Å². The fraction of sp³-hybridized carbons (Fsp3) is 0.222. The van der Waals surface area contributed by atoms with Crippen LogP contribution in [0.25, 0.3) is 0 Å². The number of anilines is 2. The van der Waals surface area contributed by atoms with Gasteiger partial charge in [0.15, 0.2) is 0 Å². The van der Waals surface area contributed by atoms with E-state index < -0.39 is 18.1 Å². The van der Waals surface area contributed by atoms with Crippen LogP contribution in [0.5, 0.6) is 5.75 Å². The zero-order chi connectivity index (χ0) is 19.6. The summed E-state index contributed by atoms with van der Waals surface area (Å²) in [5.41, 5.74) is 2.56. The molecule has 2 aromatic carbocycles. The molecule has 9 heteroatoms. The van der Waals surface area contributed by atoms with Crippen LogP contribution in [0, 0.1) is 0 Å². The molecule has 6 nitrogen and oxygen atoms in total. The largest absolute Gasteiger partial charge is 0.573 e. The van der Waals surface area contributed by atoms with Gasteiger partial charge in [-0.1, -0.05) is 18.2 Å². The van der Waals surface area contributed by atoms with Crippen molar-refractivity contribution in [2.24, 2.45) is 0 Å². The van der Waals surface area contributed by atoms with Crippen LogP contribution in [0.1, 0.15) is 24.1 Å². The Kier molecular flexibility index (Phi) is 4.93. The Morgan fingerprint density at radius 2 is 2.00 bits per heavy atom. The number of urea groups is 1. The Bertz CT molecular complexity index is 884. The summed E-state index contributed by atoms with van der Waals surface area (Å²) in [5, 5.41) is 7.89. The fourth-order valence-electron chi connectivity index (χ4n) is 2.74. The summed E-state index contributed by atoms with van der Waals surface area (Å²) in [4.78, 5) is 23.5. The summed E-state index contributed by atoms with van der Waals surface area (Å²) in [6, 6.07) is 9.42. The van der Waals surface area contributed by atoms with Gasteiger partial charge in [0.25, 0.3) is 0 Å². The average molecular weight is 379 g/mol. The molecule has 0 radical (unpaired) electrons. The van der Waals surface area contributed by atoms with E-state index >= 15 is 0 Å². The topological polar surface area (TPSA) is 79.5 Å². The standard InChI is InChI=1S/C18H16F3N3O3/c1-10(11-5-6-15-12(7-11)8-16(25)24-15)22-17(26)23-13-3-2-4-14(9-13)27-18(19,20)21/h2-7,9-10H,8H2,1H3,(H,24,25)(H2,22,23,26)/t10-/m0/s1. The third-order valence-electron chi connectivity index (χ3n) is 3.93. The van der Waals surface area contributed by atoms with Crippen LogP contribution < -0.4 is 20.7 Å². The maximum absolute atomic E-state index is 12.3. The Morgan fingerprint density at radius 3 is 2.74 bits per heavy atom. The van der Waals surface area contributed by atoms with Crippen molar-refractivity contribution in [1.82, 2.24) is 5.32 Å². The van der Waals surface area contributed by atoms with Gasteiger partial charge in [-0.15, -0.1) is 13.2 Å². The lowest BCUT2D eigenvalue weighted by Crippen LogP contribution is -2.31. The predicted octanol–water partition coefficient (Wildman–Crippen LogP) is 3.96. The SMILES string of the molecule is C[C@H](NC(=O)Nc1cccc(OC(F)(F)F)c1)c1ccc2c(c1)CC(=O)N2. The van der Waals surface area contributed by atoms with Crippen LogP contribution in [0.15, 0.2) is 42.5 Å².